The van der Waals surface area contributed by atoms with Gasteiger partial charge in [0.05, 0.1) is 0 Å². The number of carboxylic acid groups (broad SMARTS) is 1. The molecule has 0 unspecified atom stereocenters. The summed E-state index contributed by atoms with van der Waals surface area (Å²) < 4.78 is 0. The average Bonchev–Trinajstić information content (AvgIpc) is 2.37. The summed E-state index contributed by atoms with van der Waals surface area (Å²) in [5.41, 5.74) is 1.59. The van der Waals surface area contributed by atoms with Gasteiger partial charge in [0, 0.05) is 38.3 Å². The van der Waals surface area contributed by atoms with Gasteiger partial charge in [-0.05, 0) is 31.0 Å². The van der Waals surface area contributed by atoms with Gasteiger partial charge in [0.2, 0.25) is 0 Å². The zero-order chi connectivity index (χ0) is 14.3. The van der Waals surface area contributed by atoms with E-state index in [-0.39, 0.29) is 12.3 Å². The summed E-state index contributed by atoms with van der Waals surface area (Å²) in [5.74, 6) is -0.927. The first-order chi connectivity index (χ1) is 9.00. The van der Waals surface area contributed by atoms with Crippen molar-refractivity contribution in [2.24, 2.45) is 0 Å². The van der Waals surface area contributed by atoms with Crippen LogP contribution < -0.4 is 10.2 Å². The number of hydrogen-bond donors (Lipinski definition) is 2. The van der Waals surface area contributed by atoms with E-state index in [4.69, 9.17) is 5.11 Å². The highest BCUT2D eigenvalue weighted by molar-refractivity contribution is 5.95. The van der Waals surface area contributed by atoms with Gasteiger partial charge in [-0.3, -0.25) is 9.59 Å². The fourth-order valence-electron chi connectivity index (χ4n) is 1.63. The molecule has 0 aliphatic carbocycles. The lowest BCUT2D eigenvalue weighted by molar-refractivity contribution is -0.137. The van der Waals surface area contributed by atoms with E-state index < -0.39 is 5.97 Å². The zero-order valence-electron chi connectivity index (χ0n) is 11.3. The number of rotatable bonds is 7. The highest BCUT2D eigenvalue weighted by Gasteiger charge is 2.06. The van der Waals surface area contributed by atoms with Gasteiger partial charge in [-0.2, -0.15) is 0 Å². The first-order valence-electron chi connectivity index (χ1n) is 6.28. The maximum Gasteiger partial charge on any atom is 0.303 e. The monoisotopic (exact) mass is 264 g/mol. The molecule has 1 aromatic rings. The van der Waals surface area contributed by atoms with Gasteiger partial charge in [-0.25, -0.2) is 0 Å². The molecule has 5 nitrogen and oxygen atoms in total. The molecule has 0 fully saturated rings. The van der Waals surface area contributed by atoms with E-state index in [1.165, 1.54) is 0 Å². The number of nitrogens with zero attached hydrogens (tertiary/aromatic N) is 1. The van der Waals surface area contributed by atoms with Gasteiger partial charge in [0.25, 0.3) is 5.91 Å². The van der Waals surface area contributed by atoms with Crippen molar-refractivity contribution in [3.63, 3.8) is 0 Å². The lowest BCUT2D eigenvalue weighted by Crippen LogP contribution is -2.24. The largest absolute Gasteiger partial charge is 0.481 e. The predicted molar refractivity (Wildman–Crippen MR) is 74.6 cm³/mol. The molecule has 0 saturated carbocycles. The molecule has 1 rings (SSSR count). The number of aliphatic carboxylic acids is 1. The average molecular weight is 264 g/mol. The van der Waals surface area contributed by atoms with Gasteiger partial charge in [0.1, 0.15) is 0 Å². The molecule has 104 valence electrons. The van der Waals surface area contributed by atoms with Crippen LogP contribution in [0.4, 0.5) is 5.69 Å². The Morgan fingerprint density at radius 2 is 2.00 bits per heavy atom. The molecule has 0 atom stereocenters. The van der Waals surface area contributed by atoms with Crippen LogP contribution >= 0.6 is 0 Å². The summed E-state index contributed by atoms with van der Waals surface area (Å²) >= 11 is 0. The summed E-state index contributed by atoms with van der Waals surface area (Å²) in [6.07, 6.45) is 1.39. The van der Waals surface area contributed by atoms with Crippen LogP contribution in [0.5, 0.6) is 0 Å². The van der Waals surface area contributed by atoms with Crippen LogP contribution in [-0.4, -0.2) is 37.6 Å². The summed E-state index contributed by atoms with van der Waals surface area (Å²) in [7, 11) is 3.84. The van der Waals surface area contributed by atoms with Crippen molar-refractivity contribution in [1.29, 1.82) is 0 Å². The van der Waals surface area contributed by atoms with E-state index in [0.717, 1.165) is 5.69 Å². The normalized spacial score (nSPS) is 10.0. The molecular formula is C14H20N2O3. The van der Waals surface area contributed by atoms with Crippen molar-refractivity contribution in [2.75, 3.05) is 25.5 Å². The molecule has 0 bridgehead atoms. The lowest BCUT2D eigenvalue weighted by Gasteiger charge is -2.13. The van der Waals surface area contributed by atoms with Gasteiger partial charge < -0.3 is 15.3 Å². The first kappa shape index (κ1) is 15.0. The zero-order valence-corrected chi connectivity index (χ0v) is 11.3. The molecule has 0 aliphatic rings. The van der Waals surface area contributed by atoms with Crippen molar-refractivity contribution in [3.05, 3.63) is 29.8 Å². The highest BCUT2D eigenvalue weighted by Crippen LogP contribution is 2.13. The quantitative estimate of drug-likeness (QED) is 0.736. The molecule has 2 N–H and O–H groups in total. The van der Waals surface area contributed by atoms with E-state index in [0.29, 0.717) is 24.9 Å². The Kier molecular flexibility index (Phi) is 5.85. The Bertz CT molecular complexity index is 444. The summed E-state index contributed by atoms with van der Waals surface area (Å²) in [5, 5.41) is 11.3. The molecule has 0 aromatic heterocycles. The fourth-order valence-corrected chi connectivity index (χ4v) is 1.63. The standard InChI is InChI=1S/C14H20N2O3/c1-16(2)12-7-5-6-11(10-12)14(19)15-9-4-3-8-13(17)18/h5-7,10H,3-4,8-9H2,1-2H3,(H,15,19)(H,17,18). The summed E-state index contributed by atoms with van der Waals surface area (Å²) in [6, 6.07) is 7.37. The SMILES string of the molecule is CN(C)c1cccc(C(=O)NCCCCC(=O)O)c1. The second kappa shape index (κ2) is 7.41. The van der Waals surface area contributed by atoms with E-state index >= 15 is 0 Å². The van der Waals surface area contributed by atoms with Gasteiger partial charge >= 0.3 is 5.97 Å². The topological polar surface area (TPSA) is 69.6 Å². The minimum atomic E-state index is -0.801. The van der Waals surface area contributed by atoms with Crippen molar-refractivity contribution in [3.8, 4) is 0 Å². The molecule has 19 heavy (non-hydrogen) atoms. The Hall–Kier alpha value is -2.04. The number of amides is 1. The summed E-state index contributed by atoms with van der Waals surface area (Å²) in [6.45, 7) is 0.498. The molecule has 0 saturated heterocycles. The van der Waals surface area contributed by atoms with Gasteiger partial charge in [0.15, 0.2) is 0 Å². The van der Waals surface area contributed by atoms with Crippen LogP contribution in [0.1, 0.15) is 29.6 Å². The van der Waals surface area contributed by atoms with Crippen molar-refractivity contribution >= 4 is 17.6 Å². The third-order valence-corrected chi connectivity index (χ3v) is 2.73. The van der Waals surface area contributed by atoms with Crippen LogP contribution in [0.15, 0.2) is 24.3 Å². The number of benzene rings is 1. The molecule has 5 heteroatoms. The lowest BCUT2D eigenvalue weighted by atomic mass is 10.1. The Balaban J connectivity index is 2.41. The number of anilines is 1. The molecule has 1 aromatic carbocycles. The third kappa shape index (κ3) is 5.42. The number of carbonyl (C=O) groups is 2. The van der Waals surface area contributed by atoms with E-state index in [1.54, 1.807) is 6.07 Å². The van der Waals surface area contributed by atoms with Gasteiger partial charge in [-0.15, -0.1) is 0 Å². The van der Waals surface area contributed by atoms with Crippen LogP contribution in [0.2, 0.25) is 0 Å². The first-order valence-corrected chi connectivity index (χ1v) is 6.28. The van der Waals surface area contributed by atoms with E-state index in [9.17, 15) is 9.59 Å². The second-order valence-electron chi connectivity index (χ2n) is 4.55. The van der Waals surface area contributed by atoms with Crippen LogP contribution in [0.25, 0.3) is 0 Å². The molecule has 0 radical (unpaired) electrons. The maximum atomic E-state index is 11.9. The molecular weight excluding hydrogens is 244 g/mol. The third-order valence-electron chi connectivity index (χ3n) is 2.73. The van der Waals surface area contributed by atoms with Crippen LogP contribution in [0.3, 0.4) is 0 Å². The fraction of sp³-hybridized carbons (Fsp3) is 0.429. The second-order valence-corrected chi connectivity index (χ2v) is 4.55. The highest BCUT2D eigenvalue weighted by atomic mass is 16.4. The Morgan fingerprint density at radius 3 is 2.63 bits per heavy atom. The molecule has 0 aliphatic heterocycles. The molecule has 1 amide bonds. The van der Waals surface area contributed by atoms with E-state index in [1.807, 2.05) is 37.2 Å². The molecule has 0 spiro atoms. The van der Waals surface area contributed by atoms with Crippen molar-refractivity contribution in [1.82, 2.24) is 5.32 Å². The van der Waals surface area contributed by atoms with Crippen molar-refractivity contribution < 1.29 is 14.7 Å². The van der Waals surface area contributed by atoms with Gasteiger partial charge in [-0.1, -0.05) is 6.07 Å². The van der Waals surface area contributed by atoms with Crippen molar-refractivity contribution in [2.45, 2.75) is 19.3 Å². The van der Waals surface area contributed by atoms with Crippen LogP contribution in [0, 0.1) is 0 Å². The number of unbranched alkanes of at least 4 members (excludes halogenated alkanes) is 1. The predicted octanol–water partition coefficient (Wildman–Crippen LogP) is 1.74. The maximum absolute atomic E-state index is 11.9. The minimum Gasteiger partial charge on any atom is -0.481 e. The van der Waals surface area contributed by atoms with Crippen LogP contribution in [-0.2, 0) is 4.79 Å². The number of hydrogen-bond acceptors (Lipinski definition) is 3. The smallest absolute Gasteiger partial charge is 0.303 e. The Labute approximate surface area is 113 Å². The van der Waals surface area contributed by atoms with E-state index in [2.05, 4.69) is 5.32 Å². The molecule has 0 heterocycles. The number of carboxylic acids is 1. The number of carbonyl (C=O) groups excluding carboxylic acids is 1. The number of nitrogens with one attached hydrogen (secondary N) is 1. The Morgan fingerprint density at radius 1 is 1.26 bits per heavy atom. The summed E-state index contributed by atoms with van der Waals surface area (Å²) in [4.78, 5) is 24.1. The minimum absolute atomic E-state index is 0.126.